The number of aliphatic carboxylic acids is 1. The number of rotatable bonds is 8. The van der Waals surface area contributed by atoms with Crippen molar-refractivity contribution in [1.29, 1.82) is 0 Å². The molecule has 1 amide bonds. The Kier molecular flexibility index (Phi) is 8.05. The Morgan fingerprint density at radius 1 is 0.909 bits per heavy atom. The van der Waals surface area contributed by atoms with Gasteiger partial charge in [0.15, 0.2) is 0 Å². The summed E-state index contributed by atoms with van der Waals surface area (Å²) in [4.78, 5) is 27.4. The molecule has 1 aromatic heterocycles. The van der Waals surface area contributed by atoms with Crippen LogP contribution in [0.1, 0.15) is 33.4 Å². The van der Waals surface area contributed by atoms with Gasteiger partial charge in [-0.15, -0.1) is 0 Å². The van der Waals surface area contributed by atoms with Gasteiger partial charge >= 0.3 is 29.6 Å². The average Bonchev–Trinajstić information content (AvgIpc) is 3.21. The Bertz CT molecular complexity index is 1120. The number of nitrogens with two attached hydrogens (primary N) is 1. The van der Waals surface area contributed by atoms with Gasteiger partial charge in [-0.3, -0.25) is 4.79 Å². The summed E-state index contributed by atoms with van der Waals surface area (Å²) in [6.45, 7) is 0. The molecule has 8 heteroatoms. The maximum atomic E-state index is 11.7. The average molecular weight is 466 g/mol. The molecule has 0 saturated heterocycles. The van der Waals surface area contributed by atoms with Crippen molar-refractivity contribution in [2.75, 3.05) is 5.73 Å². The molecule has 6 nitrogen and oxygen atoms in total. The van der Waals surface area contributed by atoms with Crippen LogP contribution in [0.5, 0.6) is 0 Å². The van der Waals surface area contributed by atoms with E-state index in [1.807, 2.05) is 91.0 Å². The monoisotopic (exact) mass is 465 g/mol. The van der Waals surface area contributed by atoms with Crippen LogP contribution in [-0.4, -0.2) is 17.4 Å². The number of nitrogen functional groups attached to an aromatic ring is 1. The number of carboxylic acids is 1. The fraction of sp³-hybridized carbons (Fsp3) is 0.0800. The number of aromatic nitrogens is 1. The van der Waals surface area contributed by atoms with E-state index in [0.717, 1.165) is 16.7 Å². The van der Waals surface area contributed by atoms with E-state index < -0.39 is 17.4 Å². The summed E-state index contributed by atoms with van der Waals surface area (Å²) in [6.07, 6.45) is 0.303. The second-order valence-corrected chi connectivity index (χ2v) is 8.18. The van der Waals surface area contributed by atoms with Gasteiger partial charge in [0.05, 0.1) is 11.4 Å². The third kappa shape index (κ3) is 4.58. The molecule has 0 fully saturated rings. The molecule has 0 aliphatic rings. The van der Waals surface area contributed by atoms with Gasteiger partial charge in [0, 0.05) is 0 Å². The smallest absolute Gasteiger partial charge is 0.547 e. The molecule has 4 rings (SSSR count). The summed E-state index contributed by atoms with van der Waals surface area (Å²) in [6, 6.07) is 28.1. The molecule has 0 saturated carbocycles. The molecule has 3 N–H and O–H groups in total. The molecular formula is C25H20N3NaO3S. The van der Waals surface area contributed by atoms with Gasteiger partial charge in [-0.05, 0) is 16.7 Å². The molecule has 1 unspecified atom stereocenters. The molecule has 0 aliphatic carbocycles. The molecule has 1 heterocycles. The zero-order valence-corrected chi connectivity index (χ0v) is 20.8. The van der Waals surface area contributed by atoms with Crippen LogP contribution in [0, 0.1) is 0 Å². The van der Waals surface area contributed by atoms with Gasteiger partial charge in [-0.1, -0.05) is 102 Å². The molecule has 0 bridgehead atoms. The largest absolute Gasteiger partial charge is 1.00 e. The first kappa shape index (κ1) is 24.7. The standard InChI is InChI=1S/C25H21N3O3S.Na/c26-22-20(21(23(30)31)27-16-29)28-24(32-22)25(17-10-4-1-5-11-17,18-12-6-2-7-13-18)19-14-8-3-9-15-19;/h1-16,21H,26H2,(H,27,29)(H,30,31);/q;+1/p-1. The molecule has 3 aromatic carbocycles. The van der Waals surface area contributed by atoms with Crippen molar-refractivity contribution >= 4 is 28.7 Å². The Labute approximate surface area is 217 Å². The molecule has 160 valence electrons. The van der Waals surface area contributed by atoms with Crippen LogP contribution >= 0.6 is 11.3 Å². The van der Waals surface area contributed by atoms with Gasteiger partial charge in [0.25, 0.3) is 0 Å². The Morgan fingerprint density at radius 3 is 1.70 bits per heavy atom. The number of amides is 1. The first-order chi connectivity index (χ1) is 15.6. The van der Waals surface area contributed by atoms with E-state index in [1.54, 1.807) is 0 Å². The summed E-state index contributed by atoms with van der Waals surface area (Å²) in [5.74, 6) is -1.48. The quantitative estimate of drug-likeness (QED) is 0.210. The normalized spacial score (nSPS) is 11.8. The van der Waals surface area contributed by atoms with Crippen molar-refractivity contribution in [2.45, 2.75) is 11.5 Å². The minimum atomic E-state index is -1.48. The number of carboxylic acid groups (broad SMARTS) is 1. The summed E-state index contributed by atoms with van der Waals surface area (Å²) < 4.78 is 0. The third-order valence-corrected chi connectivity index (χ3v) is 6.39. The summed E-state index contributed by atoms with van der Waals surface area (Å²) >= 11 is 1.20. The van der Waals surface area contributed by atoms with Crippen molar-refractivity contribution in [3.05, 3.63) is 118 Å². The number of nitrogens with zero attached hydrogens (tertiary/aromatic N) is 1. The van der Waals surface area contributed by atoms with Gasteiger partial charge in [0.1, 0.15) is 21.7 Å². The first-order valence-electron chi connectivity index (χ1n) is 9.92. The number of nitrogens with one attached hydrogen (secondary N) is 1. The van der Waals surface area contributed by atoms with Crippen LogP contribution in [-0.2, 0) is 15.0 Å². The maximum Gasteiger partial charge on any atom is 1.00 e. The minimum absolute atomic E-state index is 0. The SMILES string of the molecule is Nc1sc(C(c2ccccc2)(c2ccccc2)c2ccccc2)nc1C(NC=O)C(=O)[O-].[Na+]. The fourth-order valence-corrected chi connectivity index (χ4v) is 5.10. The molecule has 1 atom stereocenters. The Hall–Kier alpha value is -2.97. The van der Waals surface area contributed by atoms with E-state index in [0.29, 0.717) is 11.4 Å². The van der Waals surface area contributed by atoms with Crippen molar-refractivity contribution in [3.63, 3.8) is 0 Å². The first-order valence-corrected chi connectivity index (χ1v) is 10.7. The van der Waals surface area contributed by atoms with E-state index >= 15 is 0 Å². The molecule has 4 aromatic rings. The van der Waals surface area contributed by atoms with E-state index in [4.69, 9.17) is 10.7 Å². The van der Waals surface area contributed by atoms with Crippen LogP contribution in [0.15, 0.2) is 91.0 Å². The van der Waals surface area contributed by atoms with Crippen LogP contribution in [0.2, 0.25) is 0 Å². The van der Waals surface area contributed by atoms with E-state index in [9.17, 15) is 14.7 Å². The number of thiazole rings is 1. The zero-order valence-electron chi connectivity index (χ0n) is 18.0. The van der Waals surface area contributed by atoms with Gasteiger partial charge < -0.3 is 21.0 Å². The van der Waals surface area contributed by atoms with Crippen molar-refractivity contribution in [2.24, 2.45) is 0 Å². The number of anilines is 1. The van der Waals surface area contributed by atoms with E-state index in [1.165, 1.54) is 11.3 Å². The Morgan fingerprint density at radius 2 is 1.33 bits per heavy atom. The van der Waals surface area contributed by atoms with Crippen LogP contribution in [0.4, 0.5) is 5.00 Å². The maximum absolute atomic E-state index is 11.7. The zero-order chi connectivity index (χ0) is 22.6. The van der Waals surface area contributed by atoms with Crippen molar-refractivity contribution < 1.29 is 44.3 Å². The fourth-order valence-electron chi connectivity index (χ4n) is 3.97. The number of carbonyl (C=O) groups is 2. The Balaban J connectivity index is 0.00000306. The van der Waals surface area contributed by atoms with Crippen LogP contribution < -0.4 is 45.7 Å². The number of hydrogen-bond donors (Lipinski definition) is 2. The van der Waals surface area contributed by atoms with E-state index in [-0.39, 0.29) is 40.3 Å². The number of hydrogen-bond acceptors (Lipinski definition) is 6. The van der Waals surface area contributed by atoms with Crippen LogP contribution in [0.3, 0.4) is 0 Å². The molecule has 0 spiro atoms. The minimum Gasteiger partial charge on any atom is -0.547 e. The summed E-state index contributed by atoms with van der Waals surface area (Å²) in [5.41, 5.74) is 8.31. The predicted octanol–water partition coefficient (Wildman–Crippen LogP) is -0.351. The summed E-state index contributed by atoms with van der Waals surface area (Å²) in [5, 5.41) is 14.7. The molecule has 0 aliphatic heterocycles. The van der Waals surface area contributed by atoms with Gasteiger partial charge in [0.2, 0.25) is 6.41 Å². The number of benzene rings is 3. The van der Waals surface area contributed by atoms with Crippen molar-refractivity contribution in [1.82, 2.24) is 10.3 Å². The molecule has 0 radical (unpaired) electrons. The second-order valence-electron chi connectivity index (χ2n) is 7.15. The number of carbonyl (C=O) groups excluding carboxylic acids is 2. The second kappa shape index (κ2) is 10.8. The van der Waals surface area contributed by atoms with Gasteiger partial charge in [-0.2, -0.15) is 0 Å². The molecular weight excluding hydrogens is 445 g/mol. The van der Waals surface area contributed by atoms with Gasteiger partial charge in [-0.25, -0.2) is 4.98 Å². The van der Waals surface area contributed by atoms with E-state index in [2.05, 4.69) is 5.32 Å². The van der Waals surface area contributed by atoms with Crippen molar-refractivity contribution in [3.8, 4) is 0 Å². The third-order valence-electron chi connectivity index (χ3n) is 5.37. The van der Waals surface area contributed by atoms with Crippen LogP contribution in [0.25, 0.3) is 0 Å². The topological polar surface area (TPSA) is 108 Å². The summed E-state index contributed by atoms with van der Waals surface area (Å²) in [7, 11) is 0. The molecule has 33 heavy (non-hydrogen) atoms. The predicted molar refractivity (Wildman–Crippen MR) is 122 cm³/mol.